The molecule has 0 saturated heterocycles. The fourth-order valence-corrected chi connectivity index (χ4v) is 3.33. The van der Waals surface area contributed by atoms with E-state index >= 15 is 0 Å². The molecule has 0 atom stereocenters. The number of hydrogen-bond acceptors (Lipinski definition) is 6. The first kappa shape index (κ1) is 18.7. The topological polar surface area (TPSA) is 72.5 Å². The number of thiazole rings is 1. The van der Waals surface area contributed by atoms with E-state index in [2.05, 4.69) is 15.6 Å². The lowest BCUT2D eigenvalue weighted by atomic mass is 10.1. The molecule has 0 bridgehead atoms. The Morgan fingerprint density at radius 1 is 1.11 bits per heavy atom. The standard InChI is InChI=1S/C20H21N3O3S/c1-4-21-20-23-18(12-27-20)13-6-5-7-15(8-13)22-19(24)14-9-16(25-2)11-17(10-14)26-3/h5-12H,4H2,1-3H3,(H,21,23)(H,22,24). The second kappa shape index (κ2) is 8.55. The average molecular weight is 383 g/mol. The van der Waals surface area contributed by atoms with Gasteiger partial charge in [-0.1, -0.05) is 12.1 Å². The molecular weight excluding hydrogens is 362 g/mol. The molecule has 0 saturated carbocycles. The third kappa shape index (κ3) is 4.57. The molecule has 27 heavy (non-hydrogen) atoms. The molecule has 0 spiro atoms. The van der Waals surface area contributed by atoms with Gasteiger partial charge in [-0.05, 0) is 31.2 Å². The molecule has 0 unspecified atom stereocenters. The molecule has 0 radical (unpaired) electrons. The highest BCUT2D eigenvalue weighted by atomic mass is 32.1. The van der Waals surface area contributed by atoms with Crippen molar-refractivity contribution in [3.8, 4) is 22.8 Å². The minimum absolute atomic E-state index is 0.240. The molecular formula is C20H21N3O3S. The molecule has 0 aliphatic heterocycles. The number of ether oxygens (including phenoxy) is 2. The fraction of sp³-hybridized carbons (Fsp3) is 0.200. The third-order valence-corrected chi connectivity index (χ3v) is 4.66. The Hall–Kier alpha value is -3.06. The van der Waals surface area contributed by atoms with E-state index in [1.165, 1.54) is 0 Å². The van der Waals surface area contributed by atoms with Crippen molar-refractivity contribution in [2.45, 2.75) is 6.92 Å². The zero-order chi connectivity index (χ0) is 19.2. The van der Waals surface area contributed by atoms with Crippen molar-refractivity contribution in [2.24, 2.45) is 0 Å². The minimum Gasteiger partial charge on any atom is -0.497 e. The van der Waals surface area contributed by atoms with Crippen LogP contribution < -0.4 is 20.1 Å². The van der Waals surface area contributed by atoms with E-state index < -0.39 is 0 Å². The van der Waals surface area contributed by atoms with Gasteiger partial charge in [0.05, 0.1) is 19.9 Å². The number of carbonyl (C=O) groups excluding carboxylic acids is 1. The Morgan fingerprint density at radius 2 is 1.85 bits per heavy atom. The largest absolute Gasteiger partial charge is 0.497 e. The van der Waals surface area contributed by atoms with Crippen LogP contribution in [0.4, 0.5) is 10.8 Å². The molecule has 2 N–H and O–H groups in total. The number of amides is 1. The summed E-state index contributed by atoms with van der Waals surface area (Å²) in [6.07, 6.45) is 0. The summed E-state index contributed by atoms with van der Waals surface area (Å²) in [5.74, 6) is 0.884. The van der Waals surface area contributed by atoms with Crippen molar-refractivity contribution in [3.63, 3.8) is 0 Å². The van der Waals surface area contributed by atoms with Crippen molar-refractivity contribution in [3.05, 3.63) is 53.4 Å². The molecule has 140 valence electrons. The van der Waals surface area contributed by atoms with Gasteiger partial charge in [-0.3, -0.25) is 4.79 Å². The first-order valence-corrected chi connectivity index (χ1v) is 9.35. The molecule has 3 rings (SSSR count). The Bertz CT molecular complexity index is 917. The Kier molecular flexibility index (Phi) is 5.93. The number of methoxy groups -OCH3 is 2. The molecule has 1 amide bonds. The Balaban J connectivity index is 1.80. The molecule has 0 aliphatic rings. The summed E-state index contributed by atoms with van der Waals surface area (Å²) in [6.45, 7) is 2.86. The predicted molar refractivity (Wildman–Crippen MR) is 109 cm³/mol. The third-order valence-electron chi connectivity index (χ3n) is 3.86. The number of nitrogens with zero attached hydrogens (tertiary/aromatic N) is 1. The molecule has 1 heterocycles. The smallest absolute Gasteiger partial charge is 0.255 e. The van der Waals surface area contributed by atoms with Crippen LogP contribution in [0.25, 0.3) is 11.3 Å². The molecule has 1 aromatic heterocycles. The number of benzene rings is 2. The zero-order valence-electron chi connectivity index (χ0n) is 15.4. The van der Waals surface area contributed by atoms with E-state index in [1.807, 2.05) is 36.6 Å². The molecule has 2 aromatic carbocycles. The average Bonchev–Trinajstić information content (AvgIpc) is 3.16. The van der Waals surface area contributed by atoms with Crippen LogP contribution in [-0.2, 0) is 0 Å². The van der Waals surface area contributed by atoms with Gasteiger partial charge in [0.1, 0.15) is 11.5 Å². The predicted octanol–water partition coefficient (Wildman–Crippen LogP) is 4.51. The summed E-state index contributed by atoms with van der Waals surface area (Å²) in [5, 5.41) is 8.99. The van der Waals surface area contributed by atoms with Gasteiger partial charge < -0.3 is 20.1 Å². The molecule has 0 aliphatic carbocycles. The van der Waals surface area contributed by atoms with Crippen LogP contribution in [0.2, 0.25) is 0 Å². The molecule has 6 nitrogen and oxygen atoms in total. The van der Waals surface area contributed by atoms with Gasteiger partial charge in [0.2, 0.25) is 0 Å². The van der Waals surface area contributed by atoms with Crippen molar-refractivity contribution < 1.29 is 14.3 Å². The highest BCUT2D eigenvalue weighted by molar-refractivity contribution is 7.14. The van der Waals surface area contributed by atoms with Gasteiger partial charge in [-0.2, -0.15) is 0 Å². The van der Waals surface area contributed by atoms with E-state index in [1.54, 1.807) is 43.8 Å². The highest BCUT2D eigenvalue weighted by Gasteiger charge is 2.11. The SMILES string of the molecule is CCNc1nc(-c2cccc(NC(=O)c3cc(OC)cc(OC)c3)c2)cs1. The number of aromatic nitrogens is 1. The van der Waals surface area contributed by atoms with Gasteiger partial charge in [0.15, 0.2) is 5.13 Å². The minimum atomic E-state index is -0.240. The van der Waals surface area contributed by atoms with Gasteiger partial charge in [0.25, 0.3) is 5.91 Å². The van der Waals surface area contributed by atoms with Crippen LogP contribution in [0, 0.1) is 0 Å². The number of carbonyl (C=O) groups is 1. The zero-order valence-corrected chi connectivity index (χ0v) is 16.2. The van der Waals surface area contributed by atoms with E-state index in [0.29, 0.717) is 22.7 Å². The van der Waals surface area contributed by atoms with E-state index in [9.17, 15) is 4.79 Å². The maximum atomic E-state index is 12.6. The highest BCUT2D eigenvalue weighted by Crippen LogP contribution is 2.27. The Morgan fingerprint density at radius 3 is 2.52 bits per heavy atom. The molecule has 0 fully saturated rings. The van der Waals surface area contributed by atoms with Crippen molar-refractivity contribution in [1.29, 1.82) is 0 Å². The Labute approximate surface area is 162 Å². The molecule has 3 aromatic rings. The van der Waals surface area contributed by atoms with Crippen molar-refractivity contribution in [2.75, 3.05) is 31.4 Å². The number of nitrogens with one attached hydrogen (secondary N) is 2. The van der Waals surface area contributed by atoms with Gasteiger partial charge >= 0.3 is 0 Å². The lowest BCUT2D eigenvalue weighted by Crippen LogP contribution is -2.12. The summed E-state index contributed by atoms with van der Waals surface area (Å²) < 4.78 is 10.4. The number of hydrogen-bond donors (Lipinski definition) is 2. The fourth-order valence-electron chi connectivity index (χ4n) is 2.54. The monoisotopic (exact) mass is 383 g/mol. The van der Waals surface area contributed by atoms with E-state index in [0.717, 1.165) is 22.9 Å². The van der Waals surface area contributed by atoms with Gasteiger partial charge in [0, 0.05) is 34.8 Å². The quantitative estimate of drug-likeness (QED) is 0.628. The maximum absolute atomic E-state index is 12.6. The van der Waals surface area contributed by atoms with Gasteiger partial charge in [-0.15, -0.1) is 11.3 Å². The van der Waals surface area contributed by atoms with Crippen LogP contribution in [0.1, 0.15) is 17.3 Å². The van der Waals surface area contributed by atoms with Crippen LogP contribution in [0.3, 0.4) is 0 Å². The summed E-state index contributed by atoms with van der Waals surface area (Å²) in [4.78, 5) is 17.2. The maximum Gasteiger partial charge on any atom is 0.255 e. The first-order chi connectivity index (χ1) is 13.1. The van der Waals surface area contributed by atoms with Crippen LogP contribution in [-0.4, -0.2) is 31.7 Å². The summed E-state index contributed by atoms with van der Waals surface area (Å²) in [7, 11) is 3.10. The first-order valence-electron chi connectivity index (χ1n) is 8.47. The van der Waals surface area contributed by atoms with E-state index in [4.69, 9.17) is 9.47 Å². The summed E-state index contributed by atoms with van der Waals surface area (Å²) in [5.41, 5.74) is 2.96. The van der Waals surface area contributed by atoms with Crippen molar-refractivity contribution in [1.82, 2.24) is 4.98 Å². The van der Waals surface area contributed by atoms with Crippen LogP contribution in [0.5, 0.6) is 11.5 Å². The number of anilines is 2. The summed E-state index contributed by atoms with van der Waals surface area (Å²) >= 11 is 1.56. The molecule has 7 heteroatoms. The lowest BCUT2D eigenvalue weighted by molar-refractivity contribution is 0.102. The van der Waals surface area contributed by atoms with E-state index in [-0.39, 0.29) is 5.91 Å². The normalized spacial score (nSPS) is 10.3. The van der Waals surface area contributed by atoms with Crippen LogP contribution >= 0.6 is 11.3 Å². The van der Waals surface area contributed by atoms with Crippen molar-refractivity contribution >= 4 is 28.1 Å². The second-order valence-electron chi connectivity index (χ2n) is 5.70. The number of rotatable bonds is 7. The van der Waals surface area contributed by atoms with Gasteiger partial charge in [-0.25, -0.2) is 4.98 Å². The lowest BCUT2D eigenvalue weighted by Gasteiger charge is -2.10. The second-order valence-corrected chi connectivity index (χ2v) is 6.56. The summed E-state index contributed by atoms with van der Waals surface area (Å²) in [6, 6.07) is 12.7. The van der Waals surface area contributed by atoms with Crippen LogP contribution in [0.15, 0.2) is 47.8 Å².